The molecule has 0 spiro atoms. The molecule has 0 radical (unpaired) electrons. The Kier molecular flexibility index (Phi) is 6.03. The Morgan fingerprint density at radius 3 is 1.88 bits per heavy atom. The van der Waals surface area contributed by atoms with E-state index in [-0.39, 0.29) is 11.5 Å². The molecular formula is C21H28O3. The molecule has 2 unspecified atom stereocenters. The first-order valence-electron chi connectivity index (χ1n) is 8.30. The van der Waals surface area contributed by atoms with Crippen molar-refractivity contribution in [3.8, 4) is 5.75 Å². The molecule has 0 aliphatic heterocycles. The number of benzene rings is 2. The summed E-state index contributed by atoms with van der Waals surface area (Å²) < 4.78 is 10.8. The topological polar surface area (TPSA) is 38.7 Å². The van der Waals surface area contributed by atoms with E-state index in [0.29, 0.717) is 6.42 Å². The van der Waals surface area contributed by atoms with Crippen LogP contribution >= 0.6 is 0 Å². The lowest BCUT2D eigenvalue weighted by atomic mass is 9.86. The minimum absolute atomic E-state index is 0.129. The molecule has 3 heteroatoms. The summed E-state index contributed by atoms with van der Waals surface area (Å²) >= 11 is 0. The molecule has 0 aliphatic carbocycles. The first-order chi connectivity index (χ1) is 11.3. The van der Waals surface area contributed by atoms with Gasteiger partial charge in [-0.15, -0.1) is 0 Å². The fourth-order valence-corrected chi connectivity index (χ4v) is 2.73. The number of methoxy groups -OCH3 is 2. The predicted molar refractivity (Wildman–Crippen MR) is 97.5 cm³/mol. The monoisotopic (exact) mass is 328 g/mol. The molecule has 0 fully saturated rings. The van der Waals surface area contributed by atoms with E-state index >= 15 is 0 Å². The fourth-order valence-electron chi connectivity index (χ4n) is 2.73. The smallest absolute Gasteiger partial charge is 0.118 e. The Bertz CT molecular complexity index is 624. The molecule has 2 aromatic rings. The van der Waals surface area contributed by atoms with Crippen molar-refractivity contribution in [3.05, 3.63) is 65.2 Å². The third kappa shape index (κ3) is 4.59. The molecule has 0 aromatic heterocycles. The maximum atomic E-state index is 10.5. The largest absolute Gasteiger partial charge is 0.497 e. The molecule has 0 aliphatic rings. The van der Waals surface area contributed by atoms with Gasteiger partial charge in [0.25, 0.3) is 0 Å². The van der Waals surface area contributed by atoms with Gasteiger partial charge in [-0.25, -0.2) is 0 Å². The lowest BCUT2D eigenvalue weighted by Gasteiger charge is -2.22. The standard InChI is InChI=1S/C21H28O3/c1-21(2,3)17-10-6-16(7-11-17)20(24-5)14-19(22)15-8-12-18(23-4)13-9-15/h6-13,19-20,22H,14H2,1-5H3. The van der Waals surface area contributed by atoms with Gasteiger partial charge in [0, 0.05) is 13.5 Å². The van der Waals surface area contributed by atoms with Gasteiger partial charge in [0.2, 0.25) is 0 Å². The minimum Gasteiger partial charge on any atom is -0.497 e. The average molecular weight is 328 g/mol. The molecule has 3 nitrogen and oxygen atoms in total. The van der Waals surface area contributed by atoms with E-state index in [4.69, 9.17) is 9.47 Å². The van der Waals surface area contributed by atoms with E-state index in [0.717, 1.165) is 16.9 Å². The Balaban J connectivity index is 2.10. The Labute approximate surface area is 145 Å². The maximum absolute atomic E-state index is 10.5. The summed E-state index contributed by atoms with van der Waals surface area (Å²) in [5, 5.41) is 10.5. The molecule has 0 heterocycles. The summed E-state index contributed by atoms with van der Waals surface area (Å²) in [7, 11) is 3.32. The molecule has 0 amide bonds. The van der Waals surface area contributed by atoms with Gasteiger partial charge >= 0.3 is 0 Å². The Hall–Kier alpha value is -1.84. The molecule has 0 saturated heterocycles. The zero-order valence-electron chi connectivity index (χ0n) is 15.2. The number of aliphatic hydroxyl groups excluding tert-OH is 1. The summed E-state index contributed by atoms with van der Waals surface area (Å²) in [5.41, 5.74) is 3.36. The lowest BCUT2D eigenvalue weighted by Crippen LogP contribution is -2.12. The molecular weight excluding hydrogens is 300 g/mol. The van der Waals surface area contributed by atoms with Gasteiger partial charge < -0.3 is 14.6 Å². The van der Waals surface area contributed by atoms with Crippen LogP contribution in [0.3, 0.4) is 0 Å². The highest BCUT2D eigenvalue weighted by molar-refractivity contribution is 5.30. The molecule has 2 atom stereocenters. The average Bonchev–Trinajstić information content (AvgIpc) is 2.59. The SMILES string of the molecule is COc1ccc(C(O)CC(OC)c2ccc(C(C)(C)C)cc2)cc1. The first-order valence-corrected chi connectivity index (χ1v) is 8.30. The first kappa shape index (κ1) is 18.5. The van der Waals surface area contributed by atoms with Crippen LogP contribution in [0, 0.1) is 0 Å². The van der Waals surface area contributed by atoms with Crippen molar-refractivity contribution < 1.29 is 14.6 Å². The lowest BCUT2D eigenvalue weighted by molar-refractivity contribution is 0.0440. The van der Waals surface area contributed by atoms with E-state index in [1.807, 2.05) is 24.3 Å². The van der Waals surface area contributed by atoms with Crippen molar-refractivity contribution in [2.24, 2.45) is 0 Å². The third-order valence-electron chi connectivity index (χ3n) is 4.37. The van der Waals surface area contributed by atoms with E-state index in [1.165, 1.54) is 5.56 Å². The van der Waals surface area contributed by atoms with E-state index < -0.39 is 6.10 Å². The number of ether oxygens (including phenoxy) is 2. The molecule has 2 aromatic carbocycles. The Morgan fingerprint density at radius 1 is 0.875 bits per heavy atom. The molecule has 0 bridgehead atoms. The van der Waals surface area contributed by atoms with Gasteiger partial charge in [0.05, 0.1) is 19.3 Å². The summed E-state index contributed by atoms with van der Waals surface area (Å²) in [6.07, 6.45) is -0.211. The van der Waals surface area contributed by atoms with Gasteiger partial charge in [-0.3, -0.25) is 0 Å². The number of rotatable bonds is 6. The van der Waals surface area contributed by atoms with Crippen molar-refractivity contribution >= 4 is 0 Å². The molecule has 1 N–H and O–H groups in total. The number of hydrogen-bond acceptors (Lipinski definition) is 3. The highest BCUT2D eigenvalue weighted by atomic mass is 16.5. The summed E-state index contributed by atoms with van der Waals surface area (Å²) in [6.45, 7) is 6.59. The molecule has 0 saturated carbocycles. The van der Waals surface area contributed by atoms with Crippen LogP contribution in [0.2, 0.25) is 0 Å². The van der Waals surface area contributed by atoms with E-state index in [9.17, 15) is 5.11 Å². The van der Waals surface area contributed by atoms with Crippen LogP contribution in [0.15, 0.2) is 48.5 Å². The van der Waals surface area contributed by atoms with Crippen LogP contribution in [0.1, 0.15) is 56.1 Å². The fraction of sp³-hybridized carbons (Fsp3) is 0.429. The van der Waals surface area contributed by atoms with E-state index in [2.05, 4.69) is 45.0 Å². The van der Waals surface area contributed by atoms with Crippen LogP contribution < -0.4 is 4.74 Å². The quantitative estimate of drug-likeness (QED) is 0.827. The third-order valence-corrected chi connectivity index (χ3v) is 4.37. The maximum Gasteiger partial charge on any atom is 0.118 e. The van der Waals surface area contributed by atoms with Gasteiger partial charge in [0.15, 0.2) is 0 Å². The summed E-state index contributed by atoms with van der Waals surface area (Å²) in [6, 6.07) is 16.0. The van der Waals surface area contributed by atoms with Crippen molar-refractivity contribution in [3.63, 3.8) is 0 Å². The van der Waals surface area contributed by atoms with Crippen molar-refractivity contribution in [2.75, 3.05) is 14.2 Å². The van der Waals surface area contributed by atoms with Gasteiger partial charge in [0.1, 0.15) is 5.75 Å². The van der Waals surface area contributed by atoms with Crippen LogP contribution in [-0.4, -0.2) is 19.3 Å². The zero-order chi connectivity index (χ0) is 17.7. The highest BCUT2D eigenvalue weighted by Crippen LogP contribution is 2.31. The highest BCUT2D eigenvalue weighted by Gasteiger charge is 2.19. The zero-order valence-corrected chi connectivity index (χ0v) is 15.2. The second-order valence-electron chi connectivity index (χ2n) is 7.12. The summed E-state index contributed by atoms with van der Waals surface area (Å²) in [4.78, 5) is 0. The second kappa shape index (κ2) is 7.82. The van der Waals surface area contributed by atoms with Gasteiger partial charge in [-0.1, -0.05) is 57.2 Å². The molecule has 130 valence electrons. The van der Waals surface area contributed by atoms with Crippen molar-refractivity contribution in [1.29, 1.82) is 0 Å². The normalized spacial score (nSPS) is 14.2. The predicted octanol–water partition coefficient (Wildman–Crippen LogP) is 4.80. The van der Waals surface area contributed by atoms with Crippen molar-refractivity contribution in [1.82, 2.24) is 0 Å². The van der Waals surface area contributed by atoms with Crippen LogP contribution in [-0.2, 0) is 10.2 Å². The van der Waals surface area contributed by atoms with Crippen molar-refractivity contribution in [2.45, 2.75) is 44.8 Å². The summed E-state index contributed by atoms with van der Waals surface area (Å²) in [5.74, 6) is 0.784. The van der Waals surface area contributed by atoms with E-state index in [1.54, 1.807) is 14.2 Å². The number of aliphatic hydroxyl groups is 1. The Morgan fingerprint density at radius 2 is 1.42 bits per heavy atom. The van der Waals surface area contributed by atoms with Gasteiger partial charge in [-0.2, -0.15) is 0 Å². The minimum atomic E-state index is -0.580. The second-order valence-corrected chi connectivity index (χ2v) is 7.12. The van der Waals surface area contributed by atoms with Gasteiger partial charge in [-0.05, 0) is 34.2 Å². The number of hydrogen-bond donors (Lipinski definition) is 1. The van der Waals surface area contributed by atoms with Crippen LogP contribution in [0.25, 0.3) is 0 Å². The van der Waals surface area contributed by atoms with Crippen LogP contribution in [0.4, 0.5) is 0 Å². The van der Waals surface area contributed by atoms with Crippen LogP contribution in [0.5, 0.6) is 5.75 Å². The molecule has 2 rings (SSSR count). The molecule has 24 heavy (non-hydrogen) atoms.